The fourth-order valence-corrected chi connectivity index (χ4v) is 4.83. The van der Waals surface area contributed by atoms with Crippen LogP contribution < -0.4 is 10.1 Å². The van der Waals surface area contributed by atoms with E-state index in [1.165, 1.54) is 0 Å². The lowest BCUT2D eigenvalue weighted by molar-refractivity contribution is -0.142. The highest BCUT2D eigenvalue weighted by Gasteiger charge is 2.36. The Morgan fingerprint density at radius 3 is 2.29 bits per heavy atom. The summed E-state index contributed by atoms with van der Waals surface area (Å²) in [6, 6.07) is 7.45. The third-order valence-corrected chi connectivity index (χ3v) is 6.70. The highest BCUT2D eigenvalue weighted by Crippen LogP contribution is 2.32. The zero-order valence-corrected chi connectivity index (χ0v) is 17.4. The van der Waals surface area contributed by atoms with Gasteiger partial charge < -0.3 is 14.7 Å². The average molecular weight is 428 g/mol. The van der Waals surface area contributed by atoms with Crippen molar-refractivity contribution in [2.24, 2.45) is 11.8 Å². The Labute approximate surface area is 180 Å². The standard InChI is InChI=1S/C23H28N2O6/c26-20-10-9-19(21(27)24-20)14-1-5-17(6-2-14)31-18-7-3-15(4-8-18)22(28)25-12-11-16(13-25)23(29)30/h1-2,5-6,15-16,18-19H,3-4,7-13H2,(H,29,30)(H,24,26,27)/t15?,16-,18?,19?/m1/s1. The first kappa shape index (κ1) is 21.3. The SMILES string of the molecule is O=C1CCC(c2ccc(OC3CCC(C(=O)N4CC[C@@H](C(=O)O)C4)CC3)cc2)C(=O)N1. The van der Waals surface area contributed by atoms with Gasteiger partial charge in [-0.3, -0.25) is 24.5 Å². The van der Waals surface area contributed by atoms with Gasteiger partial charge in [0.15, 0.2) is 0 Å². The molecule has 0 aromatic heterocycles. The van der Waals surface area contributed by atoms with Crippen LogP contribution in [0.4, 0.5) is 0 Å². The van der Waals surface area contributed by atoms with E-state index in [2.05, 4.69) is 5.32 Å². The summed E-state index contributed by atoms with van der Waals surface area (Å²) in [5.41, 5.74) is 0.872. The number of carboxylic acid groups (broad SMARTS) is 1. The predicted octanol–water partition coefficient (Wildman–Crippen LogP) is 2.08. The maximum absolute atomic E-state index is 12.7. The van der Waals surface area contributed by atoms with Gasteiger partial charge >= 0.3 is 5.97 Å². The van der Waals surface area contributed by atoms with Gasteiger partial charge in [0.25, 0.3) is 0 Å². The molecule has 8 heteroatoms. The number of ether oxygens (including phenoxy) is 1. The van der Waals surface area contributed by atoms with Crippen molar-refractivity contribution in [2.75, 3.05) is 13.1 Å². The van der Waals surface area contributed by atoms with Crippen LogP contribution in [-0.2, 0) is 19.2 Å². The van der Waals surface area contributed by atoms with Crippen molar-refractivity contribution in [1.29, 1.82) is 0 Å². The van der Waals surface area contributed by atoms with Crippen molar-refractivity contribution in [3.8, 4) is 5.75 Å². The van der Waals surface area contributed by atoms with Gasteiger partial charge in [-0.25, -0.2) is 0 Å². The van der Waals surface area contributed by atoms with E-state index in [4.69, 9.17) is 9.84 Å². The second-order valence-corrected chi connectivity index (χ2v) is 8.77. The Bertz CT molecular complexity index is 859. The highest BCUT2D eigenvalue weighted by molar-refractivity contribution is 6.00. The maximum atomic E-state index is 12.7. The van der Waals surface area contributed by atoms with Crippen LogP contribution >= 0.6 is 0 Å². The first-order valence-corrected chi connectivity index (χ1v) is 11.0. The van der Waals surface area contributed by atoms with Crippen LogP contribution in [0, 0.1) is 11.8 Å². The topological polar surface area (TPSA) is 113 Å². The largest absolute Gasteiger partial charge is 0.490 e. The van der Waals surface area contributed by atoms with Gasteiger partial charge in [-0.2, -0.15) is 0 Å². The van der Waals surface area contributed by atoms with E-state index >= 15 is 0 Å². The molecule has 0 bridgehead atoms. The van der Waals surface area contributed by atoms with Crippen molar-refractivity contribution >= 4 is 23.7 Å². The number of carbonyl (C=O) groups is 4. The molecule has 0 spiro atoms. The molecule has 3 aliphatic rings. The molecule has 2 atom stereocenters. The normalized spacial score (nSPS) is 28.8. The molecule has 166 valence electrons. The van der Waals surface area contributed by atoms with Crippen LogP contribution in [0.3, 0.4) is 0 Å². The summed E-state index contributed by atoms with van der Waals surface area (Å²) in [7, 11) is 0. The minimum Gasteiger partial charge on any atom is -0.490 e. The van der Waals surface area contributed by atoms with E-state index in [-0.39, 0.29) is 35.7 Å². The number of benzene rings is 1. The molecule has 3 amide bonds. The number of carbonyl (C=O) groups excluding carboxylic acids is 3. The van der Waals surface area contributed by atoms with Gasteiger partial charge in [0.2, 0.25) is 17.7 Å². The molecule has 1 aromatic carbocycles. The number of hydrogen-bond acceptors (Lipinski definition) is 5. The quantitative estimate of drug-likeness (QED) is 0.695. The smallest absolute Gasteiger partial charge is 0.308 e. The summed E-state index contributed by atoms with van der Waals surface area (Å²) < 4.78 is 6.09. The van der Waals surface area contributed by atoms with E-state index in [1.807, 2.05) is 24.3 Å². The monoisotopic (exact) mass is 428 g/mol. The lowest BCUT2D eigenvalue weighted by atomic mass is 9.86. The lowest BCUT2D eigenvalue weighted by Gasteiger charge is -2.31. The molecule has 31 heavy (non-hydrogen) atoms. The Morgan fingerprint density at radius 2 is 1.68 bits per heavy atom. The van der Waals surface area contributed by atoms with Crippen LogP contribution in [-0.4, -0.2) is 52.9 Å². The van der Waals surface area contributed by atoms with Crippen LogP contribution in [0.15, 0.2) is 24.3 Å². The van der Waals surface area contributed by atoms with Crippen molar-refractivity contribution in [2.45, 2.75) is 57.0 Å². The second kappa shape index (κ2) is 9.08. The summed E-state index contributed by atoms with van der Waals surface area (Å²) in [5, 5.41) is 11.5. The molecule has 1 aliphatic carbocycles. The van der Waals surface area contributed by atoms with Crippen molar-refractivity contribution in [3.63, 3.8) is 0 Å². The van der Waals surface area contributed by atoms with Gasteiger partial charge in [0, 0.05) is 25.4 Å². The molecule has 1 unspecified atom stereocenters. The Balaban J connectivity index is 1.25. The fraction of sp³-hybridized carbons (Fsp3) is 0.565. The molecular weight excluding hydrogens is 400 g/mol. The fourth-order valence-electron chi connectivity index (χ4n) is 4.83. The van der Waals surface area contributed by atoms with E-state index in [1.54, 1.807) is 4.90 Å². The summed E-state index contributed by atoms with van der Waals surface area (Å²) in [6.45, 7) is 0.857. The van der Waals surface area contributed by atoms with Crippen LogP contribution in [0.1, 0.15) is 56.4 Å². The zero-order valence-electron chi connectivity index (χ0n) is 17.4. The molecule has 2 aliphatic heterocycles. The van der Waals surface area contributed by atoms with E-state index in [0.29, 0.717) is 32.4 Å². The average Bonchev–Trinajstić information content (AvgIpc) is 3.25. The number of likely N-dealkylation sites (tertiary alicyclic amines) is 1. The number of imide groups is 1. The molecule has 1 saturated carbocycles. The highest BCUT2D eigenvalue weighted by atomic mass is 16.5. The third kappa shape index (κ3) is 4.89. The zero-order chi connectivity index (χ0) is 22.0. The minimum atomic E-state index is -0.823. The Kier molecular flexibility index (Phi) is 6.25. The molecule has 3 fully saturated rings. The second-order valence-electron chi connectivity index (χ2n) is 8.77. The van der Waals surface area contributed by atoms with Gasteiger partial charge in [-0.1, -0.05) is 12.1 Å². The van der Waals surface area contributed by atoms with Crippen LogP contribution in [0.2, 0.25) is 0 Å². The van der Waals surface area contributed by atoms with Crippen molar-refractivity contribution in [3.05, 3.63) is 29.8 Å². The van der Waals surface area contributed by atoms with Crippen molar-refractivity contribution < 1.29 is 29.0 Å². The summed E-state index contributed by atoms with van der Waals surface area (Å²) in [5.74, 6) is -1.28. The molecule has 8 nitrogen and oxygen atoms in total. The maximum Gasteiger partial charge on any atom is 0.308 e. The third-order valence-electron chi connectivity index (χ3n) is 6.70. The predicted molar refractivity (Wildman–Crippen MR) is 110 cm³/mol. The van der Waals surface area contributed by atoms with E-state index in [0.717, 1.165) is 37.0 Å². The van der Waals surface area contributed by atoms with E-state index < -0.39 is 11.9 Å². The molecule has 4 rings (SSSR count). The summed E-state index contributed by atoms with van der Waals surface area (Å²) >= 11 is 0. The first-order chi connectivity index (χ1) is 14.9. The minimum absolute atomic E-state index is 0.0378. The van der Waals surface area contributed by atoms with Crippen LogP contribution in [0.25, 0.3) is 0 Å². The first-order valence-electron chi connectivity index (χ1n) is 11.0. The summed E-state index contributed by atoms with van der Waals surface area (Å²) in [6.07, 6.45) is 4.49. The number of aliphatic carboxylic acids is 1. The summed E-state index contributed by atoms with van der Waals surface area (Å²) in [4.78, 5) is 48.9. The number of amides is 3. The Hall–Kier alpha value is -2.90. The number of nitrogens with zero attached hydrogens (tertiary/aromatic N) is 1. The van der Waals surface area contributed by atoms with Gasteiger partial charge in [-0.05, 0) is 56.2 Å². The molecule has 2 saturated heterocycles. The molecule has 0 radical (unpaired) electrons. The van der Waals surface area contributed by atoms with E-state index in [9.17, 15) is 19.2 Å². The number of nitrogens with one attached hydrogen (secondary N) is 1. The molecule has 1 aromatic rings. The number of carboxylic acids is 1. The van der Waals surface area contributed by atoms with Crippen LogP contribution in [0.5, 0.6) is 5.75 Å². The van der Waals surface area contributed by atoms with Gasteiger partial charge in [0.1, 0.15) is 5.75 Å². The van der Waals surface area contributed by atoms with Crippen molar-refractivity contribution in [1.82, 2.24) is 10.2 Å². The number of hydrogen-bond donors (Lipinski definition) is 2. The van der Waals surface area contributed by atoms with Gasteiger partial charge in [-0.15, -0.1) is 0 Å². The number of rotatable bonds is 5. The molecule has 2 heterocycles. The Morgan fingerprint density at radius 1 is 0.968 bits per heavy atom. The lowest BCUT2D eigenvalue weighted by Crippen LogP contribution is -2.39. The number of piperidine rings is 1. The molecular formula is C23H28N2O6. The molecule has 2 N–H and O–H groups in total. The van der Waals surface area contributed by atoms with Gasteiger partial charge in [0.05, 0.1) is 17.9 Å².